The largest absolute Gasteiger partial charge is 0.485 e. The zero-order valence-electron chi connectivity index (χ0n) is 10.8. The molecule has 0 fully saturated rings. The Balaban J connectivity index is 2.30. The molecule has 2 aromatic carbocycles. The molecule has 19 heavy (non-hydrogen) atoms. The van der Waals surface area contributed by atoms with E-state index in [1.807, 2.05) is 37.3 Å². The Hall–Kier alpha value is -1.81. The third-order valence-corrected chi connectivity index (χ3v) is 3.90. The molecule has 0 aromatic heterocycles. The Morgan fingerprint density at radius 1 is 1.16 bits per heavy atom. The van der Waals surface area contributed by atoms with Gasteiger partial charge in [0.15, 0.2) is 9.84 Å². The monoisotopic (exact) mass is 275 g/mol. The van der Waals surface area contributed by atoms with E-state index in [4.69, 9.17) is 4.74 Å². The van der Waals surface area contributed by atoms with E-state index < -0.39 is 9.84 Å². The highest BCUT2D eigenvalue weighted by Crippen LogP contribution is 2.27. The SMILES string of the molecule is CC(Oc1c[c]ccc1S(C)(=O)=O)c1ccccc1. The van der Waals surface area contributed by atoms with Crippen molar-refractivity contribution in [2.45, 2.75) is 17.9 Å². The van der Waals surface area contributed by atoms with Gasteiger partial charge in [-0.3, -0.25) is 0 Å². The van der Waals surface area contributed by atoms with Crippen LogP contribution in [0.1, 0.15) is 18.6 Å². The fraction of sp³-hybridized carbons (Fsp3) is 0.200. The highest BCUT2D eigenvalue weighted by molar-refractivity contribution is 7.90. The lowest BCUT2D eigenvalue weighted by atomic mass is 10.1. The molecule has 0 aliphatic carbocycles. The van der Waals surface area contributed by atoms with E-state index >= 15 is 0 Å². The summed E-state index contributed by atoms with van der Waals surface area (Å²) < 4.78 is 29.1. The van der Waals surface area contributed by atoms with E-state index in [0.717, 1.165) is 5.56 Å². The number of benzene rings is 2. The first-order chi connectivity index (χ1) is 8.98. The summed E-state index contributed by atoms with van der Waals surface area (Å²) in [6.45, 7) is 1.88. The van der Waals surface area contributed by atoms with Crippen molar-refractivity contribution < 1.29 is 13.2 Å². The van der Waals surface area contributed by atoms with E-state index in [2.05, 4.69) is 6.07 Å². The quantitative estimate of drug-likeness (QED) is 0.861. The lowest BCUT2D eigenvalue weighted by molar-refractivity contribution is 0.220. The van der Waals surface area contributed by atoms with E-state index in [9.17, 15) is 8.42 Å². The lowest BCUT2D eigenvalue weighted by Crippen LogP contribution is -2.07. The highest BCUT2D eigenvalue weighted by atomic mass is 32.2. The Labute approximate surface area is 113 Å². The molecule has 0 saturated carbocycles. The molecule has 1 unspecified atom stereocenters. The Bertz CT molecular complexity index is 648. The van der Waals surface area contributed by atoms with Gasteiger partial charge >= 0.3 is 0 Å². The number of hydrogen-bond acceptors (Lipinski definition) is 3. The van der Waals surface area contributed by atoms with Gasteiger partial charge < -0.3 is 4.74 Å². The summed E-state index contributed by atoms with van der Waals surface area (Å²) in [5.74, 6) is 0.335. The highest BCUT2D eigenvalue weighted by Gasteiger charge is 2.16. The summed E-state index contributed by atoms with van der Waals surface area (Å²) in [4.78, 5) is 0.189. The molecule has 0 N–H and O–H groups in total. The first-order valence-electron chi connectivity index (χ1n) is 5.90. The summed E-state index contributed by atoms with van der Waals surface area (Å²) in [5.41, 5.74) is 0.991. The topological polar surface area (TPSA) is 43.4 Å². The van der Waals surface area contributed by atoms with Crippen molar-refractivity contribution in [3.63, 3.8) is 0 Å². The first-order valence-corrected chi connectivity index (χ1v) is 7.79. The molecule has 2 rings (SSSR count). The summed E-state index contributed by atoms with van der Waals surface area (Å²) in [6, 6.07) is 17.1. The second-order valence-corrected chi connectivity index (χ2v) is 6.30. The summed E-state index contributed by atoms with van der Waals surface area (Å²) in [6.07, 6.45) is 0.944. The van der Waals surface area contributed by atoms with Gasteiger partial charge in [0.05, 0.1) is 0 Å². The Morgan fingerprint density at radius 2 is 1.84 bits per heavy atom. The van der Waals surface area contributed by atoms with Gasteiger partial charge in [-0.25, -0.2) is 8.42 Å². The van der Waals surface area contributed by atoms with Crippen LogP contribution in [-0.2, 0) is 9.84 Å². The predicted molar refractivity (Wildman–Crippen MR) is 73.9 cm³/mol. The molecule has 3 nitrogen and oxygen atoms in total. The van der Waals surface area contributed by atoms with Gasteiger partial charge in [0.1, 0.15) is 16.7 Å². The maximum absolute atomic E-state index is 11.7. The second-order valence-electron chi connectivity index (χ2n) is 4.32. The number of ether oxygens (including phenoxy) is 1. The molecule has 0 amide bonds. The maximum atomic E-state index is 11.7. The molecule has 0 bridgehead atoms. The molecule has 0 aliphatic heterocycles. The summed E-state index contributed by atoms with van der Waals surface area (Å²) in [5, 5.41) is 0. The van der Waals surface area contributed by atoms with Crippen molar-refractivity contribution in [3.8, 4) is 5.75 Å². The fourth-order valence-corrected chi connectivity index (χ4v) is 2.57. The van der Waals surface area contributed by atoms with Crippen LogP contribution in [0.15, 0.2) is 53.4 Å². The lowest BCUT2D eigenvalue weighted by Gasteiger charge is -2.17. The zero-order chi connectivity index (χ0) is 13.9. The summed E-state index contributed by atoms with van der Waals surface area (Å²) >= 11 is 0. The average Bonchev–Trinajstić information content (AvgIpc) is 2.39. The van der Waals surface area contributed by atoms with Crippen LogP contribution in [0.3, 0.4) is 0 Å². The Kier molecular flexibility index (Phi) is 3.90. The molecule has 0 saturated heterocycles. The van der Waals surface area contributed by atoms with Crippen LogP contribution < -0.4 is 4.74 Å². The molecular weight excluding hydrogens is 260 g/mol. The van der Waals surface area contributed by atoms with E-state index in [1.165, 1.54) is 12.3 Å². The minimum Gasteiger partial charge on any atom is -0.485 e. The molecule has 2 aromatic rings. The van der Waals surface area contributed by atoms with Crippen molar-refractivity contribution >= 4 is 9.84 Å². The van der Waals surface area contributed by atoms with Crippen LogP contribution in [0.5, 0.6) is 5.75 Å². The van der Waals surface area contributed by atoms with Crippen molar-refractivity contribution in [2.24, 2.45) is 0 Å². The summed E-state index contributed by atoms with van der Waals surface area (Å²) in [7, 11) is -3.31. The average molecular weight is 275 g/mol. The van der Waals surface area contributed by atoms with Gasteiger partial charge in [-0.2, -0.15) is 0 Å². The van der Waals surface area contributed by atoms with Crippen molar-refractivity contribution in [1.82, 2.24) is 0 Å². The van der Waals surface area contributed by atoms with Crippen LogP contribution in [0, 0.1) is 6.07 Å². The van der Waals surface area contributed by atoms with Crippen molar-refractivity contribution in [3.05, 3.63) is 60.2 Å². The molecule has 0 heterocycles. The molecule has 4 heteroatoms. The van der Waals surface area contributed by atoms with Crippen LogP contribution in [0.2, 0.25) is 0 Å². The normalized spacial score (nSPS) is 12.9. The molecule has 1 radical (unpaired) electrons. The fourth-order valence-electron chi connectivity index (χ4n) is 1.78. The number of rotatable bonds is 4. The van der Waals surface area contributed by atoms with E-state index in [-0.39, 0.29) is 11.0 Å². The minimum atomic E-state index is -3.31. The second kappa shape index (κ2) is 5.45. The van der Waals surface area contributed by atoms with Crippen molar-refractivity contribution in [2.75, 3.05) is 6.26 Å². The third kappa shape index (κ3) is 3.35. The molecule has 0 spiro atoms. The van der Waals surface area contributed by atoms with Crippen LogP contribution in [0.4, 0.5) is 0 Å². The van der Waals surface area contributed by atoms with Gasteiger partial charge in [0, 0.05) is 6.26 Å². The number of hydrogen-bond donors (Lipinski definition) is 0. The standard InChI is InChI=1S/C15H15O3S/c1-12(13-8-4-3-5-9-13)18-14-10-6-7-11-15(14)19(2,16)17/h3-5,7-12H,1-2H3. The zero-order valence-corrected chi connectivity index (χ0v) is 11.6. The minimum absolute atomic E-state index is 0.189. The maximum Gasteiger partial charge on any atom is 0.179 e. The van der Waals surface area contributed by atoms with E-state index in [0.29, 0.717) is 5.75 Å². The van der Waals surface area contributed by atoms with Crippen LogP contribution in [0.25, 0.3) is 0 Å². The smallest absolute Gasteiger partial charge is 0.179 e. The van der Waals surface area contributed by atoms with Crippen LogP contribution in [-0.4, -0.2) is 14.7 Å². The van der Waals surface area contributed by atoms with Gasteiger partial charge in [0.2, 0.25) is 0 Å². The van der Waals surface area contributed by atoms with E-state index in [1.54, 1.807) is 12.1 Å². The third-order valence-electron chi connectivity index (χ3n) is 2.76. The first kappa shape index (κ1) is 13.6. The Morgan fingerprint density at radius 3 is 2.47 bits per heavy atom. The van der Waals surface area contributed by atoms with Gasteiger partial charge in [0.25, 0.3) is 0 Å². The van der Waals surface area contributed by atoms with Gasteiger partial charge in [-0.15, -0.1) is 0 Å². The van der Waals surface area contributed by atoms with Crippen molar-refractivity contribution in [1.29, 1.82) is 0 Å². The molecular formula is C15H15O3S. The van der Waals surface area contributed by atoms with Gasteiger partial charge in [-0.05, 0) is 30.7 Å². The van der Waals surface area contributed by atoms with Crippen LogP contribution >= 0.6 is 0 Å². The molecule has 99 valence electrons. The predicted octanol–water partition coefficient (Wildman–Crippen LogP) is 3.03. The molecule has 1 atom stereocenters. The molecule has 0 aliphatic rings. The number of sulfone groups is 1. The van der Waals surface area contributed by atoms with Gasteiger partial charge in [-0.1, -0.05) is 36.4 Å².